The summed E-state index contributed by atoms with van der Waals surface area (Å²) in [5.74, 6) is 0.978. The smallest absolute Gasteiger partial charge is 0.254 e. The minimum atomic E-state index is 0.0850. The summed E-state index contributed by atoms with van der Waals surface area (Å²) in [5, 5.41) is 7.90. The third kappa shape index (κ3) is 2.76. The molecule has 128 valence electrons. The van der Waals surface area contributed by atoms with Crippen LogP contribution < -0.4 is 0 Å². The fourth-order valence-electron chi connectivity index (χ4n) is 3.62. The highest BCUT2D eigenvalue weighted by molar-refractivity contribution is 7.08. The SMILES string of the molecule is Cc1noc(C)c1CN1CCO[C@H]2CN(C(=O)c3ccsc3)C[C@H]21. The van der Waals surface area contributed by atoms with Gasteiger partial charge in [0.1, 0.15) is 5.76 Å². The van der Waals surface area contributed by atoms with Gasteiger partial charge in [-0.15, -0.1) is 0 Å². The Balaban J connectivity index is 1.50. The molecule has 0 unspecified atom stereocenters. The number of nitrogens with zero attached hydrogens (tertiary/aromatic N) is 3. The van der Waals surface area contributed by atoms with E-state index in [1.807, 2.05) is 35.6 Å². The van der Waals surface area contributed by atoms with Crippen molar-refractivity contribution in [2.75, 3.05) is 26.2 Å². The lowest BCUT2D eigenvalue weighted by atomic mass is 10.1. The van der Waals surface area contributed by atoms with Gasteiger partial charge in [0.05, 0.1) is 30.0 Å². The van der Waals surface area contributed by atoms with Gasteiger partial charge in [0.2, 0.25) is 0 Å². The lowest BCUT2D eigenvalue weighted by molar-refractivity contribution is -0.0505. The van der Waals surface area contributed by atoms with Crippen LogP contribution in [0.3, 0.4) is 0 Å². The number of carbonyl (C=O) groups is 1. The maximum Gasteiger partial charge on any atom is 0.254 e. The van der Waals surface area contributed by atoms with E-state index in [-0.39, 0.29) is 18.1 Å². The van der Waals surface area contributed by atoms with Crippen LogP contribution in [0.4, 0.5) is 0 Å². The number of hydrogen-bond acceptors (Lipinski definition) is 6. The first-order chi connectivity index (χ1) is 11.6. The first-order valence-electron chi connectivity index (χ1n) is 8.22. The maximum atomic E-state index is 12.6. The largest absolute Gasteiger partial charge is 0.373 e. The summed E-state index contributed by atoms with van der Waals surface area (Å²) in [6, 6.07) is 2.12. The minimum absolute atomic E-state index is 0.0850. The highest BCUT2D eigenvalue weighted by Crippen LogP contribution is 2.27. The van der Waals surface area contributed by atoms with E-state index in [0.29, 0.717) is 19.7 Å². The first kappa shape index (κ1) is 15.8. The average molecular weight is 347 g/mol. The van der Waals surface area contributed by atoms with Gasteiger partial charge in [-0.05, 0) is 25.3 Å². The summed E-state index contributed by atoms with van der Waals surface area (Å²) < 4.78 is 11.2. The molecular weight excluding hydrogens is 326 g/mol. The molecule has 7 heteroatoms. The van der Waals surface area contributed by atoms with E-state index in [2.05, 4.69) is 10.1 Å². The number of morpholine rings is 1. The van der Waals surface area contributed by atoms with Crippen molar-refractivity contribution in [2.45, 2.75) is 32.5 Å². The molecule has 0 saturated carbocycles. The van der Waals surface area contributed by atoms with Crippen LogP contribution in [0.5, 0.6) is 0 Å². The maximum absolute atomic E-state index is 12.6. The third-order valence-electron chi connectivity index (χ3n) is 5.01. The fourth-order valence-corrected chi connectivity index (χ4v) is 4.25. The van der Waals surface area contributed by atoms with Crippen LogP contribution in [0.25, 0.3) is 0 Å². The molecule has 4 rings (SSSR count). The predicted molar refractivity (Wildman–Crippen MR) is 90.1 cm³/mol. The van der Waals surface area contributed by atoms with Crippen LogP contribution in [0, 0.1) is 13.8 Å². The van der Waals surface area contributed by atoms with E-state index >= 15 is 0 Å². The number of fused-ring (bicyclic) bond motifs is 1. The number of thiophene rings is 1. The van der Waals surface area contributed by atoms with Gasteiger partial charge in [-0.1, -0.05) is 5.16 Å². The molecule has 0 spiro atoms. The van der Waals surface area contributed by atoms with Crippen LogP contribution in [0.1, 0.15) is 27.4 Å². The summed E-state index contributed by atoms with van der Waals surface area (Å²) >= 11 is 1.55. The van der Waals surface area contributed by atoms with Crippen molar-refractivity contribution >= 4 is 17.2 Å². The lowest BCUT2D eigenvalue weighted by Crippen LogP contribution is -2.50. The van der Waals surface area contributed by atoms with Crippen molar-refractivity contribution in [2.24, 2.45) is 0 Å². The second-order valence-electron chi connectivity index (χ2n) is 6.47. The Labute approximate surface area is 145 Å². The second-order valence-corrected chi connectivity index (χ2v) is 7.25. The van der Waals surface area contributed by atoms with Gasteiger partial charge >= 0.3 is 0 Å². The average Bonchev–Trinajstić information content (AvgIpc) is 3.30. The molecule has 2 aliphatic rings. The summed E-state index contributed by atoms with van der Waals surface area (Å²) in [4.78, 5) is 16.9. The molecule has 0 bridgehead atoms. The molecule has 4 heterocycles. The number of aryl methyl sites for hydroxylation is 2. The fraction of sp³-hybridized carbons (Fsp3) is 0.529. The van der Waals surface area contributed by atoms with Crippen molar-refractivity contribution < 1.29 is 14.1 Å². The molecule has 0 N–H and O–H groups in total. The second kappa shape index (κ2) is 6.31. The molecule has 2 aromatic rings. The highest BCUT2D eigenvalue weighted by Gasteiger charge is 2.42. The summed E-state index contributed by atoms with van der Waals surface area (Å²) in [6.45, 7) is 7.67. The van der Waals surface area contributed by atoms with E-state index in [1.54, 1.807) is 11.3 Å². The van der Waals surface area contributed by atoms with Crippen LogP contribution in [-0.2, 0) is 11.3 Å². The van der Waals surface area contributed by atoms with E-state index < -0.39 is 0 Å². The molecule has 2 aliphatic heterocycles. The first-order valence-corrected chi connectivity index (χ1v) is 9.16. The molecule has 2 fully saturated rings. The van der Waals surface area contributed by atoms with Crippen LogP contribution in [0.2, 0.25) is 0 Å². The van der Waals surface area contributed by atoms with Crippen molar-refractivity contribution in [3.05, 3.63) is 39.4 Å². The Morgan fingerprint density at radius 2 is 2.29 bits per heavy atom. The molecule has 1 amide bonds. The summed E-state index contributed by atoms with van der Waals surface area (Å²) in [5.41, 5.74) is 2.87. The topological polar surface area (TPSA) is 58.8 Å². The Morgan fingerprint density at radius 3 is 3.00 bits per heavy atom. The highest BCUT2D eigenvalue weighted by atomic mass is 32.1. The molecule has 6 nitrogen and oxygen atoms in total. The number of ether oxygens (including phenoxy) is 1. The van der Waals surface area contributed by atoms with Crippen molar-refractivity contribution in [3.63, 3.8) is 0 Å². The zero-order valence-electron chi connectivity index (χ0n) is 13.9. The standard InChI is InChI=1S/C17H21N3O3S/c1-11-14(12(2)23-18-11)7-19-4-5-22-16-9-20(8-15(16)19)17(21)13-3-6-24-10-13/h3,6,10,15-16H,4-5,7-9H2,1-2H3/t15-,16+/m1/s1. The Morgan fingerprint density at radius 1 is 1.42 bits per heavy atom. The molecule has 24 heavy (non-hydrogen) atoms. The van der Waals surface area contributed by atoms with Gasteiger partial charge in [-0.3, -0.25) is 9.69 Å². The Kier molecular flexibility index (Phi) is 4.15. The van der Waals surface area contributed by atoms with Crippen LogP contribution in [0.15, 0.2) is 21.3 Å². The van der Waals surface area contributed by atoms with E-state index in [1.165, 1.54) is 0 Å². The van der Waals surface area contributed by atoms with Gasteiger partial charge in [0.25, 0.3) is 5.91 Å². The molecular formula is C17H21N3O3S. The van der Waals surface area contributed by atoms with E-state index in [0.717, 1.165) is 35.7 Å². The number of carbonyl (C=O) groups excluding carboxylic acids is 1. The normalized spacial score (nSPS) is 24.3. The van der Waals surface area contributed by atoms with Gasteiger partial charge in [0, 0.05) is 37.1 Å². The predicted octanol–water partition coefficient (Wildman–Crippen LogP) is 2.08. The van der Waals surface area contributed by atoms with Gasteiger partial charge in [-0.25, -0.2) is 0 Å². The number of likely N-dealkylation sites (tertiary alicyclic amines) is 1. The Bertz CT molecular complexity index is 708. The van der Waals surface area contributed by atoms with Crippen LogP contribution in [-0.4, -0.2) is 59.3 Å². The number of aromatic nitrogens is 1. The monoisotopic (exact) mass is 347 g/mol. The quantitative estimate of drug-likeness (QED) is 0.851. The summed E-state index contributed by atoms with van der Waals surface area (Å²) in [6.07, 6.45) is 0.0850. The van der Waals surface area contributed by atoms with E-state index in [4.69, 9.17) is 9.26 Å². The molecule has 2 atom stereocenters. The summed E-state index contributed by atoms with van der Waals surface area (Å²) in [7, 11) is 0. The van der Waals surface area contributed by atoms with Gasteiger partial charge in [-0.2, -0.15) is 11.3 Å². The molecule has 2 aromatic heterocycles. The number of rotatable bonds is 3. The number of amides is 1. The van der Waals surface area contributed by atoms with Crippen molar-refractivity contribution in [1.82, 2.24) is 15.0 Å². The minimum Gasteiger partial charge on any atom is -0.373 e. The molecule has 2 saturated heterocycles. The zero-order valence-corrected chi connectivity index (χ0v) is 14.7. The van der Waals surface area contributed by atoms with Gasteiger partial charge < -0.3 is 14.2 Å². The van der Waals surface area contributed by atoms with Gasteiger partial charge in [0.15, 0.2) is 0 Å². The van der Waals surface area contributed by atoms with Crippen LogP contribution >= 0.6 is 11.3 Å². The lowest BCUT2D eigenvalue weighted by Gasteiger charge is -2.36. The number of hydrogen-bond donors (Lipinski definition) is 0. The Hall–Kier alpha value is -1.70. The molecule has 0 aliphatic carbocycles. The zero-order chi connectivity index (χ0) is 16.7. The van der Waals surface area contributed by atoms with Crippen molar-refractivity contribution in [1.29, 1.82) is 0 Å². The molecule has 0 radical (unpaired) electrons. The van der Waals surface area contributed by atoms with Crippen molar-refractivity contribution in [3.8, 4) is 0 Å². The third-order valence-corrected chi connectivity index (χ3v) is 5.70. The molecule has 0 aromatic carbocycles. The van der Waals surface area contributed by atoms with E-state index in [9.17, 15) is 4.79 Å².